The van der Waals surface area contributed by atoms with Gasteiger partial charge in [0.05, 0.1) is 0 Å². The van der Waals surface area contributed by atoms with Crippen LogP contribution in [0.1, 0.15) is 0 Å². The molecule has 0 aliphatic carbocycles. The lowest BCUT2D eigenvalue weighted by atomic mass is 9.93. The van der Waals surface area contributed by atoms with Crippen molar-refractivity contribution >= 4 is 35.8 Å². The van der Waals surface area contributed by atoms with Crippen molar-refractivity contribution in [2.75, 3.05) is 0 Å². The summed E-state index contributed by atoms with van der Waals surface area (Å²) in [5, 5.41) is 82.6. The number of carboxylic acid groups (broad SMARTS) is 6. The average Bonchev–Trinajstić information content (AvgIpc) is 2.42. The van der Waals surface area contributed by atoms with Crippen molar-refractivity contribution in [2.24, 2.45) is 11.8 Å². The molecule has 10 N–H and O–H groups in total. The first kappa shape index (κ1) is 24.9. The standard InChI is InChI=1S/C6H6O8.C4H6O8/c7-3(8)1(4(9)10)2(5(11)12)6(13)14;5-1(6)3(9,10)4(11,12)2(7)8/h1-2H,(H,7,8)(H,9,10)(H,11,12)(H,13,14);9-12H,(H,5,6)(H,7,8). The minimum Gasteiger partial charge on any atom is -0.481 e. The summed E-state index contributed by atoms with van der Waals surface area (Å²) in [6.45, 7) is 0. The molecule has 0 bridgehead atoms. The fourth-order valence-electron chi connectivity index (χ4n) is 1.08. The van der Waals surface area contributed by atoms with Crippen molar-refractivity contribution in [1.82, 2.24) is 0 Å². The highest BCUT2D eigenvalue weighted by Gasteiger charge is 2.60. The van der Waals surface area contributed by atoms with E-state index in [0.29, 0.717) is 0 Å². The molecule has 26 heavy (non-hydrogen) atoms. The van der Waals surface area contributed by atoms with Crippen LogP contribution in [-0.2, 0) is 28.8 Å². The van der Waals surface area contributed by atoms with Crippen LogP contribution < -0.4 is 0 Å². The molecule has 0 atom stereocenters. The first-order valence-corrected chi connectivity index (χ1v) is 5.70. The molecule has 0 aromatic rings. The summed E-state index contributed by atoms with van der Waals surface area (Å²) in [5.74, 6) is -26.3. The normalized spacial score (nSPS) is 11.3. The van der Waals surface area contributed by atoms with Gasteiger partial charge in [-0.15, -0.1) is 0 Å². The van der Waals surface area contributed by atoms with Crippen molar-refractivity contribution in [2.45, 2.75) is 11.6 Å². The van der Waals surface area contributed by atoms with Gasteiger partial charge in [-0.05, 0) is 0 Å². The van der Waals surface area contributed by atoms with E-state index in [1.54, 1.807) is 0 Å². The van der Waals surface area contributed by atoms with Gasteiger partial charge in [0.2, 0.25) is 0 Å². The SMILES string of the molecule is O=C(O)C(C(=O)O)C(C(=O)O)C(=O)O.O=C(O)C(O)(O)C(O)(O)C(=O)O. The topological polar surface area (TPSA) is 305 Å². The predicted molar refractivity (Wildman–Crippen MR) is 67.1 cm³/mol. The van der Waals surface area contributed by atoms with Gasteiger partial charge in [0.25, 0.3) is 0 Å². The molecular formula is C10H12O16. The Bertz CT molecular complexity index is 533. The second kappa shape index (κ2) is 8.67. The number of carboxylic acids is 6. The molecule has 16 nitrogen and oxygen atoms in total. The maximum Gasteiger partial charge on any atom is 0.370 e. The molecule has 0 aromatic heterocycles. The van der Waals surface area contributed by atoms with Crippen LogP contribution in [0.25, 0.3) is 0 Å². The Hall–Kier alpha value is -3.34. The molecule has 0 saturated heterocycles. The Kier molecular flexibility index (Phi) is 8.30. The smallest absolute Gasteiger partial charge is 0.370 e. The fourth-order valence-corrected chi connectivity index (χ4v) is 1.08. The molecule has 0 unspecified atom stereocenters. The fraction of sp³-hybridized carbons (Fsp3) is 0.400. The van der Waals surface area contributed by atoms with Gasteiger partial charge in [0.15, 0.2) is 11.8 Å². The van der Waals surface area contributed by atoms with Gasteiger partial charge < -0.3 is 51.1 Å². The Morgan fingerprint density at radius 2 is 0.615 bits per heavy atom. The Balaban J connectivity index is 0. The van der Waals surface area contributed by atoms with Gasteiger partial charge in [-0.1, -0.05) is 0 Å². The van der Waals surface area contributed by atoms with Crippen molar-refractivity contribution < 1.29 is 79.8 Å². The zero-order chi connectivity index (χ0) is 21.6. The van der Waals surface area contributed by atoms with Crippen molar-refractivity contribution in [3.8, 4) is 0 Å². The molecule has 0 aliphatic rings. The van der Waals surface area contributed by atoms with E-state index in [9.17, 15) is 28.8 Å². The zero-order valence-electron chi connectivity index (χ0n) is 12.1. The monoisotopic (exact) mass is 388 g/mol. The van der Waals surface area contributed by atoms with Crippen LogP contribution in [0.2, 0.25) is 0 Å². The number of carbonyl (C=O) groups is 6. The molecular weight excluding hydrogens is 376 g/mol. The highest BCUT2D eigenvalue weighted by Crippen LogP contribution is 2.17. The average molecular weight is 388 g/mol. The highest BCUT2D eigenvalue weighted by molar-refractivity contribution is 6.05. The molecule has 0 rings (SSSR count). The third-order valence-electron chi connectivity index (χ3n) is 2.48. The first-order valence-electron chi connectivity index (χ1n) is 5.70. The molecule has 0 spiro atoms. The number of rotatable bonds is 8. The van der Waals surface area contributed by atoms with E-state index in [2.05, 4.69) is 0 Å². The molecule has 0 amide bonds. The summed E-state index contributed by atoms with van der Waals surface area (Å²) in [7, 11) is 0. The van der Waals surface area contributed by atoms with Crippen LogP contribution in [-0.4, -0.2) is 98.5 Å². The van der Waals surface area contributed by atoms with E-state index in [4.69, 9.17) is 51.1 Å². The summed E-state index contributed by atoms with van der Waals surface area (Å²) in [5.41, 5.74) is 0. The van der Waals surface area contributed by atoms with E-state index < -0.39 is 59.2 Å². The molecule has 0 saturated carbocycles. The molecule has 0 aromatic carbocycles. The van der Waals surface area contributed by atoms with Crippen molar-refractivity contribution in [3.05, 3.63) is 0 Å². The van der Waals surface area contributed by atoms with E-state index in [1.807, 2.05) is 0 Å². The number of aliphatic hydroxyl groups is 4. The van der Waals surface area contributed by atoms with E-state index in [1.165, 1.54) is 0 Å². The number of hydrogen-bond donors (Lipinski definition) is 10. The van der Waals surface area contributed by atoms with Crippen molar-refractivity contribution in [1.29, 1.82) is 0 Å². The summed E-state index contributed by atoms with van der Waals surface area (Å²) in [6, 6.07) is 0. The van der Waals surface area contributed by atoms with Gasteiger partial charge >= 0.3 is 47.4 Å². The maximum atomic E-state index is 10.3. The van der Waals surface area contributed by atoms with Crippen molar-refractivity contribution in [3.63, 3.8) is 0 Å². The molecule has 148 valence electrons. The second-order valence-corrected chi connectivity index (χ2v) is 4.26. The molecule has 16 heteroatoms. The molecule has 0 aliphatic heterocycles. The largest absolute Gasteiger partial charge is 0.481 e. The summed E-state index contributed by atoms with van der Waals surface area (Å²) in [4.78, 5) is 60.9. The van der Waals surface area contributed by atoms with Gasteiger partial charge in [-0.25, -0.2) is 9.59 Å². The number of aliphatic carboxylic acids is 6. The lowest BCUT2D eigenvalue weighted by molar-refractivity contribution is -0.333. The molecule has 0 fully saturated rings. The van der Waals surface area contributed by atoms with E-state index in [0.717, 1.165) is 0 Å². The Morgan fingerprint density at radius 1 is 0.462 bits per heavy atom. The van der Waals surface area contributed by atoms with Gasteiger partial charge in [0.1, 0.15) is 0 Å². The summed E-state index contributed by atoms with van der Waals surface area (Å²) >= 11 is 0. The third kappa shape index (κ3) is 5.63. The second-order valence-electron chi connectivity index (χ2n) is 4.26. The van der Waals surface area contributed by atoms with Gasteiger partial charge in [-0.3, -0.25) is 19.2 Å². The Labute approximate surface area is 140 Å². The Morgan fingerprint density at radius 3 is 0.692 bits per heavy atom. The zero-order valence-corrected chi connectivity index (χ0v) is 12.1. The molecule has 0 radical (unpaired) electrons. The van der Waals surface area contributed by atoms with Crippen LogP contribution >= 0.6 is 0 Å². The highest BCUT2D eigenvalue weighted by atomic mass is 16.6. The maximum absolute atomic E-state index is 10.3. The molecule has 0 heterocycles. The first-order chi connectivity index (χ1) is 11.4. The number of hydrogen-bond acceptors (Lipinski definition) is 10. The third-order valence-corrected chi connectivity index (χ3v) is 2.48. The van der Waals surface area contributed by atoms with E-state index >= 15 is 0 Å². The van der Waals surface area contributed by atoms with Crippen LogP contribution in [0.5, 0.6) is 0 Å². The summed E-state index contributed by atoms with van der Waals surface area (Å²) in [6.07, 6.45) is 0. The van der Waals surface area contributed by atoms with Crippen LogP contribution in [0.3, 0.4) is 0 Å². The van der Waals surface area contributed by atoms with E-state index in [-0.39, 0.29) is 0 Å². The quantitative estimate of drug-likeness (QED) is 0.137. The lowest BCUT2D eigenvalue weighted by Gasteiger charge is -2.26. The van der Waals surface area contributed by atoms with Crippen LogP contribution in [0.15, 0.2) is 0 Å². The lowest BCUT2D eigenvalue weighted by Crippen LogP contribution is -2.63. The van der Waals surface area contributed by atoms with Gasteiger partial charge in [-0.2, -0.15) is 0 Å². The minimum atomic E-state index is -4.15. The van der Waals surface area contributed by atoms with Gasteiger partial charge in [0, 0.05) is 0 Å². The summed E-state index contributed by atoms with van der Waals surface area (Å²) < 4.78 is 0. The predicted octanol–water partition coefficient (Wildman–Crippen LogP) is -4.93. The van der Waals surface area contributed by atoms with Crippen LogP contribution in [0, 0.1) is 11.8 Å². The van der Waals surface area contributed by atoms with Crippen LogP contribution in [0.4, 0.5) is 0 Å². The minimum absolute atomic E-state index is 2.01.